The van der Waals surface area contributed by atoms with Gasteiger partial charge in [-0.2, -0.15) is 0 Å². The van der Waals surface area contributed by atoms with Gasteiger partial charge in [-0.05, 0) is 43.9 Å². The van der Waals surface area contributed by atoms with E-state index in [0.29, 0.717) is 0 Å². The molecule has 2 fully saturated rings. The van der Waals surface area contributed by atoms with E-state index in [4.69, 9.17) is 4.98 Å². The summed E-state index contributed by atoms with van der Waals surface area (Å²) in [6, 6.07) is 6.41. The smallest absolute Gasteiger partial charge is 0.128 e. The van der Waals surface area contributed by atoms with Crippen LogP contribution in [0.1, 0.15) is 31.9 Å². The van der Waals surface area contributed by atoms with Gasteiger partial charge in [0.2, 0.25) is 0 Å². The maximum absolute atomic E-state index is 4.81. The Bertz CT molecular complexity index is 436. The zero-order valence-corrected chi connectivity index (χ0v) is 13.2. The van der Waals surface area contributed by atoms with Crippen molar-refractivity contribution in [3.63, 3.8) is 0 Å². The molecule has 0 aromatic carbocycles. The first-order chi connectivity index (χ1) is 10.3. The molecule has 0 atom stereocenters. The number of rotatable bonds is 7. The second kappa shape index (κ2) is 7.23. The van der Waals surface area contributed by atoms with Gasteiger partial charge in [-0.1, -0.05) is 13.0 Å². The molecule has 1 aromatic rings. The molecule has 4 heteroatoms. The fourth-order valence-electron chi connectivity index (χ4n) is 2.96. The van der Waals surface area contributed by atoms with Gasteiger partial charge in [0, 0.05) is 39.3 Å². The predicted octanol–water partition coefficient (Wildman–Crippen LogP) is 2.11. The highest BCUT2D eigenvalue weighted by molar-refractivity contribution is 5.39. The highest BCUT2D eigenvalue weighted by Gasteiger charge is 2.26. The average molecular weight is 288 g/mol. The van der Waals surface area contributed by atoms with E-state index >= 15 is 0 Å². The second-order valence-corrected chi connectivity index (χ2v) is 6.39. The lowest BCUT2D eigenvalue weighted by molar-refractivity contribution is 0.247. The number of aromatic nitrogens is 1. The summed E-state index contributed by atoms with van der Waals surface area (Å²) >= 11 is 0. The molecular formula is C17H28N4. The summed E-state index contributed by atoms with van der Waals surface area (Å²) in [5.41, 5.74) is 1.15. The fourth-order valence-corrected chi connectivity index (χ4v) is 2.96. The van der Waals surface area contributed by atoms with Crippen LogP contribution in [-0.2, 0) is 6.54 Å². The minimum Gasteiger partial charge on any atom is -0.354 e. The van der Waals surface area contributed by atoms with E-state index in [-0.39, 0.29) is 0 Å². The lowest BCUT2D eigenvalue weighted by Crippen LogP contribution is -2.47. The van der Waals surface area contributed by atoms with Crippen molar-refractivity contribution in [2.24, 2.45) is 5.92 Å². The van der Waals surface area contributed by atoms with Crippen molar-refractivity contribution in [3.8, 4) is 0 Å². The number of nitrogens with one attached hydrogen (secondary N) is 1. The number of nitrogens with zero attached hydrogens (tertiary/aromatic N) is 3. The van der Waals surface area contributed by atoms with Crippen molar-refractivity contribution in [2.75, 3.05) is 44.2 Å². The first-order valence-corrected chi connectivity index (χ1v) is 8.49. The van der Waals surface area contributed by atoms with Crippen LogP contribution < -0.4 is 10.2 Å². The summed E-state index contributed by atoms with van der Waals surface area (Å²) in [6.45, 7) is 10.1. The Labute approximate surface area is 128 Å². The molecule has 2 heterocycles. The molecule has 0 spiro atoms. The number of piperazine rings is 1. The summed E-state index contributed by atoms with van der Waals surface area (Å²) in [6.07, 6.45) is 4.08. The summed E-state index contributed by atoms with van der Waals surface area (Å²) in [5, 5.41) is 3.43. The molecular weight excluding hydrogens is 260 g/mol. The maximum Gasteiger partial charge on any atom is 0.128 e. The molecule has 1 saturated carbocycles. The van der Waals surface area contributed by atoms with Gasteiger partial charge in [0.1, 0.15) is 5.82 Å². The Kier molecular flexibility index (Phi) is 5.09. The Morgan fingerprint density at radius 3 is 2.71 bits per heavy atom. The molecule has 2 aliphatic rings. The van der Waals surface area contributed by atoms with Gasteiger partial charge in [0.25, 0.3) is 0 Å². The average Bonchev–Trinajstić information content (AvgIpc) is 3.33. The van der Waals surface area contributed by atoms with E-state index in [0.717, 1.165) is 43.6 Å². The highest BCUT2D eigenvalue weighted by atomic mass is 15.3. The van der Waals surface area contributed by atoms with E-state index in [1.165, 1.54) is 38.9 Å². The van der Waals surface area contributed by atoms with Crippen molar-refractivity contribution >= 4 is 5.82 Å². The molecule has 0 bridgehead atoms. The minimum absolute atomic E-state index is 0.878. The molecule has 21 heavy (non-hydrogen) atoms. The maximum atomic E-state index is 4.81. The Morgan fingerprint density at radius 1 is 1.19 bits per heavy atom. The number of hydrogen-bond acceptors (Lipinski definition) is 4. The third-order valence-electron chi connectivity index (χ3n) is 4.43. The van der Waals surface area contributed by atoms with Gasteiger partial charge < -0.3 is 10.2 Å². The first-order valence-electron chi connectivity index (χ1n) is 8.49. The predicted molar refractivity (Wildman–Crippen MR) is 87.6 cm³/mol. The van der Waals surface area contributed by atoms with Gasteiger partial charge in [-0.25, -0.2) is 4.98 Å². The van der Waals surface area contributed by atoms with Gasteiger partial charge in [-0.15, -0.1) is 0 Å². The van der Waals surface area contributed by atoms with Crippen LogP contribution in [0.15, 0.2) is 18.2 Å². The van der Waals surface area contributed by atoms with E-state index < -0.39 is 0 Å². The van der Waals surface area contributed by atoms with Crippen LogP contribution in [0.2, 0.25) is 0 Å². The van der Waals surface area contributed by atoms with Crippen LogP contribution in [-0.4, -0.2) is 49.2 Å². The highest BCUT2D eigenvalue weighted by Crippen LogP contribution is 2.30. The van der Waals surface area contributed by atoms with Crippen molar-refractivity contribution in [2.45, 2.75) is 32.7 Å². The molecule has 4 nitrogen and oxygen atoms in total. The van der Waals surface area contributed by atoms with Crippen LogP contribution in [0.5, 0.6) is 0 Å². The van der Waals surface area contributed by atoms with Crippen LogP contribution in [0.4, 0.5) is 5.82 Å². The topological polar surface area (TPSA) is 31.4 Å². The largest absolute Gasteiger partial charge is 0.354 e. The molecule has 0 amide bonds. The van der Waals surface area contributed by atoms with Crippen molar-refractivity contribution in [1.29, 1.82) is 0 Å². The number of pyridine rings is 1. The summed E-state index contributed by atoms with van der Waals surface area (Å²) in [5.74, 6) is 2.15. The van der Waals surface area contributed by atoms with Gasteiger partial charge in [0.05, 0.1) is 5.69 Å². The van der Waals surface area contributed by atoms with E-state index in [1.54, 1.807) is 0 Å². The Hall–Kier alpha value is -1.13. The van der Waals surface area contributed by atoms with Gasteiger partial charge >= 0.3 is 0 Å². The van der Waals surface area contributed by atoms with Crippen molar-refractivity contribution in [3.05, 3.63) is 23.9 Å². The standard InChI is InChI=1S/C17H28N4/c1-2-8-18-13-16-4-3-5-17(19-16)21-11-9-20(10-12-21)14-15-6-7-15/h3-5,15,18H,2,6-14H2,1H3. The lowest BCUT2D eigenvalue weighted by Gasteiger charge is -2.35. The molecule has 1 aliphatic carbocycles. The summed E-state index contributed by atoms with van der Waals surface area (Å²) in [4.78, 5) is 9.87. The molecule has 1 saturated heterocycles. The third-order valence-corrected chi connectivity index (χ3v) is 4.43. The summed E-state index contributed by atoms with van der Waals surface area (Å²) in [7, 11) is 0. The van der Waals surface area contributed by atoms with Crippen LogP contribution in [0, 0.1) is 5.92 Å². The number of hydrogen-bond donors (Lipinski definition) is 1. The molecule has 0 radical (unpaired) electrons. The lowest BCUT2D eigenvalue weighted by atomic mass is 10.2. The van der Waals surface area contributed by atoms with Crippen LogP contribution in [0.25, 0.3) is 0 Å². The second-order valence-electron chi connectivity index (χ2n) is 6.39. The molecule has 116 valence electrons. The molecule has 0 unspecified atom stereocenters. The summed E-state index contributed by atoms with van der Waals surface area (Å²) < 4.78 is 0. The monoisotopic (exact) mass is 288 g/mol. The van der Waals surface area contributed by atoms with E-state index in [2.05, 4.69) is 40.2 Å². The normalized spacial score (nSPS) is 20.0. The first kappa shape index (κ1) is 14.8. The van der Waals surface area contributed by atoms with Gasteiger partial charge in [0.15, 0.2) is 0 Å². The zero-order valence-electron chi connectivity index (χ0n) is 13.2. The Balaban J connectivity index is 1.50. The van der Waals surface area contributed by atoms with Crippen molar-refractivity contribution < 1.29 is 0 Å². The molecule has 3 rings (SSSR count). The third kappa shape index (κ3) is 4.42. The van der Waals surface area contributed by atoms with E-state index in [9.17, 15) is 0 Å². The van der Waals surface area contributed by atoms with E-state index in [1.807, 2.05) is 0 Å². The SMILES string of the molecule is CCCNCc1cccc(N2CCN(CC3CC3)CC2)n1. The fraction of sp³-hybridized carbons (Fsp3) is 0.706. The number of anilines is 1. The minimum atomic E-state index is 0.878. The van der Waals surface area contributed by atoms with Crippen molar-refractivity contribution in [1.82, 2.24) is 15.2 Å². The quantitative estimate of drug-likeness (QED) is 0.779. The Morgan fingerprint density at radius 2 is 2.00 bits per heavy atom. The van der Waals surface area contributed by atoms with Crippen LogP contribution in [0.3, 0.4) is 0 Å². The molecule has 1 aromatic heterocycles. The molecule has 1 aliphatic heterocycles. The zero-order chi connectivity index (χ0) is 14.5. The van der Waals surface area contributed by atoms with Gasteiger partial charge in [-0.3, -0.25) is 4.90 Å². The van der Waals surface area contributed by atoms with Crippen LogP contribution >= 0.6 is 0 Å². The molecule has 1 N–H and O–H groups in total.